The molecule has 3 nitrogen and oxygen atoms in total. The Morgan fingerprint density at radius 3 is 2.93 bits per heavy atom. The lowest BCUT2D eigenvalue weighted by atomic mass is 10.1. The highest BCUT2D eigenvalue weighted by atomic mass is 32.1. The molecule has 2 N–H and O–H groups in total. The minimum Gasteiger partial charge on any atom is -0.322 e. The topological polar surface area (TPSA) is 51.8 Å². The normalized spacial score (nSPS) is 13.0. The molecule has 2 aromatic heterocycles. The fraction of sp³-hybridized carbons (Fsp3) is 0.333. The zero-order valence-electron chi connectivity index (χ0n) is 7.80. The molecule has 0 saturated heterocycles. The molecule has 0 aromatic carbocycles. The predicted octanol–water partition coefficient (Wildman–Crippen LogP) is 2.15. The maximum atomic E-state index is 5.99. The second-order valence-corrected chi connectivity index (χ2v) is 4.93. The summed E-state index contributed by atoms with van der Waals surface area (Å²) in [6.07, 6.45) is 0.843. The lowest BCUT2D eigenvalue weighted by molar-refractivity contribution is 0.693. The van der Waals surface area contributed by atoms with E-state index in [-0.39, 0.29) is 6.04 Å². The van der Waals surface area contributed by atoms with E-state index in [2.05, 4.69) is 28.0 Å². The van der Waals surface area contributed by atoms with Crippen LogP contribution in [-0.4, -0.2) is 9.59 Å². The van der Waals surface area contributed by atoms with Crippen LogP contribution in [0.5, 0.6) is 0 Å². The summed E-state index contributed by atoms with van der Waals surface area (Å²) >= 11 is 3.10. The summed E-state index contributed by atoms with van der Waals surface area (Å²) in [7, 11) is 0. The molecular weight excluding hydrogens is 214 g/mol. The summed E-state index contributed by atoms with van der Waals surface area (Å²) in [6.45, 7) is 2.10. The van der Waals surface area contributed by atoms with Crippen LogP contribution in [0.4, 0.5) is 0 Å². The molecular formula is C9H11N3S2. The largest absolute Gasteiger partial charge is 0.322 e. The molecule has 0 fully saturated rings. The van der Waals surface area contributed by atoms with E-state index in [1.807, 2.05) is 5.38 Å². The van der Waals surface area contributed by atoms with Crippen LogP contribution in [0.25, 0.3) is 0 Å². The predicted molar refractivity (Wildman–Crippen MR) is 59.6 cm³/mol. The van der Waals surface area contributed by atoms with E-state index in [1.54, 1.807) is 11.3 Å². The summed E-state index contributed by atoms with van der Waals surface area (Å²) in [4.78, 5) is 1.32. The van der Waals surface area contributed by atoms with Gasteiger partial charge in [-0.2, -0.15) is 0 Å². The first kappa shape index (κ1) is 9.76. The number of rotatable bonds is 3. The van der Waals surface area contributed by atoms with Gasteiger partial charge < -0.3 is 5.73 Å². The summed E-state index contributed by atoms with van der Waals surface area (Å²) in [5.41, 5.74) is 8.16. The Morgan fingerprint density at radius 1 is 1.50 bits per heavy atom. The van der Waals surface area contributed by atoms with Gasteiger partial charge >= 0.3 is 0 Å². The van der Waals surface area contributed by atoms with E-state index in [4.69, 9.17) is 5.73 Å². The summed E-state index contributed by atoms with van der Waals surface area (Å²) < 4.78 is 3.80. The molecule has 1 unspecified atom stereocenters. The average Bonchev–Trinajstić information content (AvgIpc) is 2.75. The molecule has 2 rings (SSSR count). The minimum absolute atomic E-state index is 0.0252. The average molecular weight is 225 g/mol. The number of hydrogen-bond donors (Lipinski definition) is 1. The van der Waals surface area contributed by atoms with E-state index in [0.717, 1.165) is 12.1 Å². The van der Waals surface area contributed by atoms with Crippen molar-refractivity contribution >= 4 is 22.9 Å². The number of aromatic nitrogens is 2. The number of nitrogens with two attached hydrogens (primary N) is 1. The summed E-state index contributed by atoms with van der Waals surface area (Å²) in [5, 5.41) is 8.02. The number of thiophene rings is 1. The van der Waals surface area contributed by atoms with Crippen molar-refractivity contribution in [2.75, 3.05) is 0 Å². The van der Waals surface area contributed by atoms with Crippen LogP contribution in [0, 0.1) is 6.92 Å². The van der Waals surface area contributed by atoms with Crippen molar-refractivity contribution in [1.82, 2.24) is 9.59 Å². The van der Waals surface area contributed by atoms with Crippen molar-refractivity contribution in [1.29, 1.82) is 0 Å². The van der Waals surface area contributed by atoms with Gasteiger partial charge in [0, 0.05) is 10.3 Å². The van der Waals surface area contributed by atoms with E-state index in [9.17, 15) is 0 Å². The molecule has 0 amide bonds. The molecule has 1 atom stereocenters. The SMILES string of the molecule is Cc1cc(CC(N)c2csnn2)cs1. The van der Waals surface area contributed by atoms with Crippen molar-refractivity contribution in [3.8, 4) is 0 Å². The third-order valence-corrected chi connectivity index (χ3v) is 3.43. The van der Waals surface area contributed by atoms with Crippen LogP contribution in [0.15, 0.2) is 16.8 Å². The number of hydrogen-bond acceptors (Lipinski definition) is 5. The highest BCUT2D eigenvalue weighted by molar-refractivity contribution is 7.10. The van der Waals surface area contributed by atoms with Gasteiger partial charge in [0.05, 0.1) is 11.7 Å². The maximum absolute atomic E-state index is 5.99. The monoisotopic (exact) mass is 225 g/mol. The quantitative estimate of drug-likeness (QED) is 0.870. The van der Waals surface area contributed by atoms with Crippen LogP contribution in [-0.2, 0) is 6.42 Å². The molecule has 0 aliphatic rings. The van der Waals surface area contributed by atoms with Crippen LogP contribution in [0.3, 0.4) is 0 Å². The molecule has 0 spiro atoms. The van der Waals surface area contributed by atoms with Gasteiger partial charge in [-0.05, 0) is 41.9 Å². The standard InChI is InChI=1S/C9H11N3S2/c1-6-2-7(4-13-6)3-8(10)9-5-14-12-11-9/h2,4-5,8H,3,10H2,1H3. The second kappa shape index (κ2) is 4.16. The van der Waals surface area contributed by atoms with Crippen LogP contribution >= 0.6 is 22.9 Å². The van der Waals surface area contributed by atoms with Crippen LogP contribution in [0.1, 0.15) is 22.2 Å². The number of aryl methyl sites for hydroxylation is 1. The van der Waals surface area contributed by atoms with Crippen LogP contribution < -0.4 is 5.73 Å². The van der Waals surface area contributed by atoms with Gasteiger partial charge in [0.25, 0.3) is 0 Å². The smallest absolute Gasteiger partial charge is 0.0925 e. The minimum atomic E-state index is -0.0252. The van der Waals surface area contributed by atoms with Crippen molar-refractivity contribution in [3.05, 3.63) is 33.0 Å². The molecule has 5 heteroatoms. The molecule has 0 aliphatic heterocycles. The molecule has 0 saturated carbocycles. The summed E-state index contributed by atoms with van der Waals surface area (Å²) in [5.74, 6) is 0. The third-order valence-electron chi connectivity index (χ3n) is 2.00. The van der Waals surface area contributed by atoms with Gasteiger partial charge in [-0.15, -0.1) is 16.4 Å². The molecule has 2 aromatic rings. The highest BCUT2D eigenvalue weighted by Crippen LogP contribution is 2.19. The lowest BCUT2D eigenvalue weighted by Gasteiger charge is -2.05. The molecule has 2 heterocycles. The Bertz CT molecular complexity index is 394. The molecule has 0 radical (unpaired) electrons. The Labute approximate surface area is 90.8 Å². The summed E-state index contributed by atoms with van der Waals surface area (Å²) in [6, 6.07) is 2.15. The number of nitrogens with zero attached hydrogens (tertiary/aromatic N) is 2. The lowest BCUT2D eigenvalue weighted by Crippen LogP contribution is -2.13. The maximum Gasteiger partial charge on any atom is 0.0925 e. The third kappa shape index (κ3) is 2.17. The van der Waals surface area contributed by atoms with Crippen molar-refractivity contribution in [2.45, 2.75) is 19.4 Å². The zero-order chi connectivity index (χ0) is 9.97. The van der Waals surface area contributed by atoms with E-state index < -0.39 is 0 Å². The van der Waals surface area contributed by atoms with E-state index in [0.29, 0.717) is 0 Å². The Balaban J connectivity index is 2.05. The molecule has 14 heavy (non-hydrogen) atoms. The van der Waals surface area contributed by atoms with Crippen LogP contribution in [0.2, 0.25) is 0 Å². The van der Waals surface area contributed by atoms with E-state index in [1.165, 1.54) is 22.0 Å². The zero-order valence-corrected chi connectivity index (χ0v) is 9.44. The highest BCUT2D eigenvalue weighted by Gasteiger charge is 2.10. The first-order valence-electron chi connectivity index (χ1n) is 4.32. The van der Waals surface area contributed by atoms with Gasteiger partial charge in [-0.3, -0.25) is 0 Å². The first-order valence-corrected chi connectivity index (χ1v) is 6.04. The van der Waals surface area contributed by atoms with Crippen molar-refractivity contribution in [3.63, 3.8) is 0 Å². The van der Waals surface area contributed by atoms with Gasteiger partial charge in [-0.25, -0.2) is 0 Å². The van der Waals surface area contributed by atoms with Crippen molar-refractivity contribution in [2.24, 2.45) is 5.73 Å². The molecule has 74 valence electrons. The Morgan fingerprint density at radius 2 is 2.36 bits per heavy atom. The first-order chi connectivity index (χ1) is 6.75. The van der Waals surface area contributed by atoms with Gasteiger partial charge in [0.1, 0.15) is 0 Å². The van der Waals surface area contributed by atoms with Gasteiger partial charge in [0.2, 0.25) is 0 Å². The molecule has 0 bridgehead atoms. The Hall–Kier alpha value is -0.780. The van der Waals surface area contributed by atoms with Gasteiger partial charge in [0.15, 0.2) is 0 Å². The van der Waals surface area contributed by atoms with Crippen molar-refractivity contribution < 1.29 is 0 Å². The second-order valence-electron chi connectivity index (χ2n) is 3.21. The Kier molecular flexibility index (Phi) is 2.90. The van der Waals surface area contributed by atoms with Gasteiger partial charge in [-0.1, -0.05) is 4.49 Å². The fourth-order valence-electron chi connectivity index (χ4n) is 1.30. The molecule has 0 aliphatic carbocycles. The van der Waals surface area contributed by atoms with E-state index >= 15 is 0 Å². The fourth-order valence-corrected chi connectivity index (χ4v) is 2.54.